The van der Waals surface area contributed by atoms with E-state index in [1.54, 1.807) is 12.1 Å². The van der Waals surface area contributed by atoms with Gasteiger partial charge < -0.3 is 24.8 Å². The highest BCUT2D eigenvalue weighted by Gasteiger charge is 2.30. The molecule has 2 aromatic rings. The van der Waals surface area contributed by atoms with E-state index >= 15 is 0 Å². The maximum atomic E-state index is 12.1. The van der Waals surface area contributed by atoms with Crippen molar-refractivity contribution in [1.29, 1.82) is 0 Å². The van der Waals surface area contributed by atoms with Crippen molar-refractivity contribution in [3.63, 3.8) is 0 Å². The van der Waals surface area contributed by atoms with E-state index in [1.165, 1.54) is 24.3 Å². The van der Waals surface area contributed by atoms with E-state index in [2.05, 4.69) is 15.4 Å². The molecular weight excluding hydrogens is 365 g/mol. The lowest BCUT2D eigenvalue weighted by molar-refractivity contribution is -0.274. The first-order valence-corrected chi connectivity index (χ1v) is 8.14. The van der Waals surface area contributed by atoms with Gasteiger partial charge in [0.15, 0.2) is 17.6 Å². The van der Waals surface area contributed by atoms with Gasteiger partial charge in [0.25, 0.3) is 0 Å². The highest BCUT2D eigenvalue weighted by atomic mass is 19.4. The van der Waals surface area contributed by atoms with Crippen LogP contribution in [-0.4, -0.2) is 31.6 Å². The van der Waals surface area contributed by atoms with Gasteiger partial charge in [0, 0.05) is 6.54 Å². The van der Waals surface area contributed by atoms with Gasteiger partial charge in [0.1, 0.15) is 12.4 Å². The number of urea groups is 1. The Kier molecular flexibility index (Phi) is 5.58. The number of halogens is 3. The van der Waals surface area contributed by atoms with E-state index in [4.69, 9.17) is 9.47 Å². The van der Waals surface area contributed by atoms with Crippen molar-refractivity contribution in [2.24, 2.45) is 0 Å². The Morgan fingerprint density at radius 3 is 2.48 bits per heavy atom. The molecule has 2 amide bonds. The molecule has 0 aliphatic carbocycles. The summed E-state index contributed by atoms with van der Waals surface area (Å²) in [6, 6.07) is 12.1. The van der Waals surface area contributed by atoms with Gasteiger partial charge >= 0.3 is 12.4 Å². The lowest BCUT2D eigenvalue weighted by atomic mass is 10.2. The van der Waals surface area contributed by atoms with Gasteiger partial charge in [-0.3, -0.25) is 0 Å². The number of hydrogen-bond acceptors (Lipinski definition) is 4. The number of para-hydroxylation sites is 2. The molecule has 0 saturated heterocycles. The number of nitrogens with one attached hydrogen (secondary N) is 2. The number of alkyl halides is 3. The van der Waals surface area contributed by atoms with Crippen LogP contribution in [0.15, 0.2) is 48.5 Å². The number of benzene rings is 2. The number of carbonyl (C=O) groups excluding carboxylic acids is 1. The second kappa shape index (κ2) is 8.07. The number of rotatable bonds is 5. The molecule has 0 aromatic heterocycles. The summed E-state index contributed by atoms with van der Waals surface area (Å²) < 4.78 is 51.4. The summed E-state index contributed by atoms with van der Waals surface area (Å²) >= 11 is 0. The molecule has 2 aromatic carbocycles. The maximum absolute atomic E-state index is 12.1. The van der Waals surface area contributed by atoms with Crippen LogP contribution < -0.4 is 24.8 Å². The molecule has 27 heavy (non-hydrogen) atoms. The first-order valence-electron chi connectivity index (χ1n) is 8.14. The standard InChI is InChI=1S/C18H17F3N2O4/c19-18(20,21)27-13-7-5-12(6-8-13)9-22-17(24)23-10-14-11-25-15-3-1-2-4-16(15)26-14/h1-8,14H,9-11H2,(H2,22,23,24)/t14-/m1/s1. The van der Waals surface area contributed by atoms with Crippen LogP contribution >= 0.6 is 0 Å². The minimum absolute atomic E-state index is 0.156. The second-order valence-electron chi connectivity index (χ2n) is 5.75. The van der Waals surface area contributed by atoms with Crippen LogP contribution in [0.3, 0.4) is 0 Å². The van der Waals surface area contributed by atoms with Crippen LogP contribution in [-0.2, 0) is 6.54 Å². The molecule has 0 fully saturated rings. The predicted octanol–water partition coefficient (Wildman–Crippen LogP) is 3.22. The first kappa shape index (κ1) is 18.7. The molecule has 0 spiro atoms. The van der Waals surface area contributed by atoms with Crippen molar-refractivity contribution >= 4 is 6.03 Å². The summed E-state index contributed by atoms with van der Waals surface area (Å²) in [6.07, 6.45) is -5.05. The Balaban J connectivity index is 1.40. The number of fused-ring (bicyclic) bond motifs is 1. The van der Waals surface area contributed by atoms with Gasteiger partial charge in [0.05, 0.1) is 6.54 Å². The average Bonchev–Trinajstić information content (AvgIpc) is 2.64. The van der Waals surface area contributed by atoms with E-state index in [0.29, 0.717) is 23.7 Å². The SMILES string of the molecule is O=C(NCc1ccc(OC(F)(F)F)cc1)NC[C@@H]1COc2ccccc2O1. The monoisotopic (exact) mass is 382 g/mol. The molecule has 1 atom stereocenters. The molecule has 144 valence electrons. The third kappa shape index (κ3) is 5.70. The Labute approximate surface area is 153 Å². The summed E-state index contributed by atoms with van der Waals surface area (Å²) in [7, 11) is 0. The largest absolute Gasteiger partial charge is 0.573 e. The third-order valence-electron chi connectivity index (χ3n) is 3.67. The normalized spacial score (nSPS) is 15.7. The molecule has 0 radical (unpaired) electrons. The fraction of sp³-hybridized carbons (Fsp3) is 0.278. The molecule has 1 aliphatic rings. The fourth-order valence-electron chi connectivity index (χ4n) is 2.42. The molecule has 0 saturated carbocycles. The molecule has 1 aliphatic heterocycles. The van der Waals surface area contributed by atoms with Crippen LogP contribution in [0.25, 0.3) is 0 Å². The molecule has 3 rings (SSSR count). The molecule has 0 bridgehead atoms. The number of amides is 2. The lowest BCUT2D eigenvalue weighted by Gasteiger charge is -2.26. The zero-order valence-electron chi connectivity index (χ0n) is 14.1. The zero-order valence-corrected chi connectivity index (χ0v) is 14.1. The minimum Gasteiger partial charge on any atom is -0.486 e. The summed E-state index contributed by atoms with van der Waals surface area (Å²) in [6.45, 7) is 0.722. The van der Waals surface area contributed by atoms with E-state index < -0.39 is 12.4 Å². The van der Waals surface area contributed by atoms with Gasteiger partial charge in [-0.05, 0) is 29.8 Å². The third-order valence-corrected chi connectivity index (χ3v) is 3.67. The zero-order chi connectivity index (χ0) is 19.3. The fourth-order valence-corrected chi connectivity index (χ4v) is 2.42. The summed E-state index contributed by atoms with van der Waals surface area (Å²) in [5.74, 6) is 0.971. The first-order chi connectivity index (χ1) is 12.9. The van der Waals surface area contributed by atoms with Gasteiger partial charge in [-0.15, -0.1) is 13.2 Å². The number of ether oxygens (including phenoxy) is 3. The molecule has 9 heteroatoms. The van der Waals surface area contributed by atoms with Crippen molar-refractivity contribution < 1.29 is 32.2 Å². The van der Waals surface area contributed by atoms with Crippen molar-refractivity contribution in [2.75, 3.05) is 13.2 Å². The van der Waals surface area contributed by atoms with E-state index in [-0.39, 0.29) is 24.9 Å². The topological polar surface area (TPSA) is 68.8 Å². The van der Waals surface area contributed by atoms with E-state index in [0.717, 1.165) is 0 Å². The molecular formula is C18H17F3N2O4. The molecule has 2 N–H and O–H groups in total. The summed E-state index contributed by atoms with van der Waals surface area (Å²) in [4.78, 5) is 11.9. The van der Waals surface area contributed by atoms with Gasteiger partial charge in [-0.1, -0.05) is 24.3 Å². The van der Waals surface area contributed by atoms with Crippen LogP contribution in [0, 0.1) is 0 Å². The van der Waals surface area contributed by atoms with Crippen LogP contribution in [0.2, 0.25) is 0 Å². The quantitative estimate of drug-likeness (QED) is 0.833. The minimum atomic E-state index is -4.73. The van der Waals surface area contributed by atoms with Crippen LogP contribution in [0.5, 0.6) is 17.2 Å². The van der Waals surface area contributed by atoms with Crippen molar-refractivity contribution in [3.05, 3.63) is 54.1 Å². The smallest absolute Gasteiger partial charge is 0.486 e. The molecule has 6 nitrogen and oxygen atoms in total. The number of carbonyl (C=O) groups is 1. The second-order valence-corrected chi connectivity index (χ2v) is 5.75. The van der Waals surface area contributed by atoms with Crippen molar-refractivity contribution in [3.8, 4) is 17.2 Å². The number of hydrogen-bond donors (Lipinski definition) is 2. The summed E-state index contributed by atoms with van der Waals surface area (Å²) in [5.41, 5.74) is 0.630. The lowest BCUT2D eigenvalue weighted by Crippen LogP contribution is -2.44. The van der Waals surface area contributed by atoms with Crippen molar-refractivity contribution in [1.82, 2.24) is 10.6 Å². The highest BCUT2D eigenvalue weighted by molar-refractivity contribution is 5.73. The van der Waals surface area contributed by atoms with Gasteiger partial charge in [-0.2, -0.15) is 0 Å². The Morgan fingerprint density at radius 1 is 1.07 bits per heavy atom. The predicted molar refractivity (Wildman–Crippen MR) is 89.7 cm³/mol. The van der Waals surface area contributed by atoms with E-state index in [9.17, 15) is 18.0 Å². The molecule has 1 heterocycles. The van der Waals surface area contributed by atoms with Gasteiger partial charge in [-0.25, -0.2) is 4.79 Å². The molecule has 0 unspecified atom stereocenters. The summed E-state index contributed by atoms with van der Waals surface area (Å²) in [5, 5.41) is 5.28. The Bertz CT molecular complexity index is 781. The van der Waals surface area contributed by atoms with Crippen molar-refractivity contribution in [2.45, 2.75) is 19.0 Å². The Morgan fingerprint density at radius 2 is 1.78 bits per heavy atom. The average molecular weight is 382 g/mol. The highest BCUT2D eigenvalue weighted by Crippen LogP contribution is 2.30. The van der Waals surface area contributed by atoms with E-state index in [1.807, 2.05) is 12.1 Å². The van der Waals surface area contributed by atoms with Gasteiger partial charge in [0.2, 0.25) is 0 Å². The van der Waals surface area contributed by atoms with Crippen LogP contribution in [0.4, 0.5) is 18.0 Å². The Hall–Kier alpha value is -3.10. The van der Waals surface area contributed by atoms with Crippen LogP contribution in [0.1, 0.15) is 5.56 Å². The maximum Gasteiger partial charge on any atom is 0.573 e.